The van der Waals surface area contributed by atoms with Gasteiger partial charge < -0.3 is 10.4 Å². The molecule has 1 fully saturated rings. The zero-order valence-electron chi connectivity index (χ0n) is 12.0. The maximum absolute atomic E-state index is 9.80. The van der Waals surface area contributed by atoms with Gasteiger partial charge in [0.05, 0.1) is 0 Å². The summed E-state index contributed by atoms with van der Waals surface area (Å²) in [5.41, 5.74) is 4.05. The van der Waals surface area contributed by atoms with E-state index >= 15 is 0 Å². The third-order valence-electron chi connectivity index (χ3n) is 4.77. The van der Waals surface area contributed by atoms with Crippen LogP contribution in [0.4, 0.5) is 0 Å². The largest absolute Gasteiger partial charge is 0.508 e. The summed E-state index contributed by atoms with van der Waals surface area (Å²) in [6.45, 7) is 4.22. The number of piperazine rings is 1. The van der Waals surface area contributed by atoms with Gasteiger partial charge >= 0.3 is 0 Å². The van der Waals surface area contributed by atoms with Crippen LogP contribution in [0.15, 0.2) is 48.5 Å². The molecule has 3 nitrogen and oxygen atoms in total. The first-order chi connectivity index (χ1) is 10.3. The van der Waals surface area contributed by atoms with Crippen molar-refractivity contribution in [1.82, 2.24) is 10.2 Å². The fraction of sp³-hybridized carbons (Fsp3) is 0.333. The number of aromatic hydroxyl groups is 1. The predicted octanol–water partition coefficient (Wildman–Crippen LogP) is 2.48. The Bertz CT molecular complexity index is 655. The Kier molecular flexibility index (Phi) is 3.17. The predicted molar refractivity (Wildman–Crippen MR) is 83.6 cm³/mol. The molecular weight excluding hydrogens is 260 g/mol. The number of hydrogen-bond acceptors (Lipinski definition) is 3. The summed E-state index contributed by atoms with van der Waals surface area (Å²) in [5.74, 6) is 0.704. The van der Waals surface area contributed by atoms with Gasteiger partial charge in [0.1, 0.15) is 5.75 Å². The molecule has 0 saturated carbocycles. The van der Waals surface area contributed by atoms with Gasteiger partial charge in [-0.15, -0.1) is 0 Å². The van der Waals surface area contributed by atoms with Crippen molar-refractivity contribution >= 4 is 0 Å². The number of nitrogens with one attached hydrogen (secondary N) is 1. The first kappa shape index (κ1) is 12.9. The number of nitrogens with zero attached hydrogens (tertiary/aromatic N) is 1. The van der Waals surface area contributed by atoms with Gasteiger partial charge in [-0.25, -0.2) is 0 Å². The molecule has 2 aliphatic rings. The van der Waals surface area contributed by atoms with Gasteiger partial charge in [-0.2, -0.15) is 0 Å². The van der Waals surface area contributed by atoms with Crippen molar-refractivity contribution in [2.24, 2.45) is 0 Å². The zero-order chi connectivity index (χ0) is 14.2. The van der Waals surface area contributed by atoms with Crippen LogP contribution >= 0.6 is 0 Å². The molecule has 21 heavy (non-hydrogen) atoms. The number of rotatable bonds is 1. The Hall–Kier alpha value is -1.84. The lowest BCUT2D eigenvalue weighted by atomic mass is 9.81. The molecule has 0 radical (unpaired) electrons. The maximum Gasteiger partial charge on any atom is 0.115 e. The van der Waals surface area contributed by atoms with Crippen molar-refractivity contribution in [2.75, 3.05) is 26.2 Å². The zero-order valence-corrected chi connectivity index (χ0v) is 12.0. The SMILES string of the molecule is Oc1cccc(C2CN3CCNCC3c3ccccc32)c1. The molecule has 2 atom stereocenters. The highest BCUT2D eigenvalue weighted by Gasteiger charge is 2.34. The Labute approximate surface area is 125 Å². The average Bonchev–Trinajstić information content (AvgIpc) is 2.54. The molecule has 2 N–H and O–H groups in total. The summed E-state index contributed by atoms with van der Waals surface area (Å²) in [6, 6.07) is 17.0. The molecule has 2 heterocycles. The molecule has 4 rings (SSSR count). The smallest absolute Gasteiger partial charge is 0.115 e. The lowest BCUT2D eigenvalue weighted by Gasteiger charge is -2.44. The van der Waals surface area contributed by atoms with Crippen LogP contribution in [-0.4, -0.2) is 36.2 Å². The second-order valence-corrected chi connectivity index (χ2v) is 5.99. The van der Waals surface area contributed by atoms with Crippen LogP contribution in [0, 0.1) is 0 Å². The molecule has 3 heteroatoms. The minimum absolute atomic E-state index is 0.350. The second-order valence-electron chi connectivity index (χ2n) is 5.99. The molecule has 2 unspecified atom stereocenters. The molecule has 108 valence electrons. The van der Waals surface area contributed by atoms with Gasteiger partial charge in [-0.3, -0.25) is 4.90 Å². The Balaban J connectivity index is 1.81. The monoisotopic (exact) mass is 280 g/mol. The number of phenolic OH excluding ortho intramolecular Hbond substituents is 1. The van der Waals surface area contributed by atoms with E-state index in [2.05, 4.69) is 40.5 Å². The standard InChI is InChI=1S/C18H20N2O/c21-14-5-3-4-13(10-14)17-12-20-9-8-19-11-18(20)16-7-2-1-6-15(16)17/h1-7,10,17-19,21H,8-9,11-12H2. The third-order valence-corrected chi connectivity index (χ3v) is 4.77. The van der Waals surface area contributed by atoms with Crippen LogP contribution in [0.25, 0.3) is 0 Å². The number of phenols is 1. The van der Waals surface area contributed by atoms with E-state index in [1.807, 2.05) is 12.1 Å². The van der Waals surface area contributed by atoms with E-state index in [4.69, 9.17) is 0 Å². The lowest BCUT2D eigenvalue weighted by molar-refractivity contribution is 0.143. The van der Waals surface area contributed by atoms with E-state index in [0.717, 1.165) is 26.2 Å². The van der Waals surface area contributed by atoms with Crippen molar-refractivity contribution in [3.8, 4) is 5.75 Å². The summed E-state index contributed by atoms with van der Waals surface area (Å²) in [4.78, 5) is 2.58. The van der Waals surface area contributed by atoms with Crippen LogP contribution in [-0.2, 0) is 0 Å². The van der Waals surface area contributed by atoms with Crippen molar-refractivity contribution in [3.05, 3.63) is 65.2 Å². The summed E-state index contributed by atoms with van der Waals surface area (Å²) >= 11 is 0. The number of benzene rings is 2. The molecule has 2 aliphatic heterocycles. The van der Waals surface area contributed by atoms with Gasteiger partial charge in [0.15, 0.2) is 0 Å². The first-order valence-electron chi connectivity index (χ1n) is 7.65. The van der Waals surface area contributed by atoms with Gasteiger partial charge in [-0.05, 0) is 28.8 Å². The molecule has 2 aromatic carbocycles. The van der Waals surface area contributed by atoms with Crippen LogP contribution in [0.5, 0.6) is 5.75 Å². The Morgan fingerprint density at radius 3 is 2.76 bits per heavy atom. The first-order valence-corrected chi connectivity index (χ1v) is 7.65. The quantitative estimate of drug-likeness (QED) is 0.842. The number of fused-ring (bicyclic) bond motifs is 3. The van der Waals surface area contributed by atoms with E-state index in [9.17, 15) is 5.11 Å². The minimum Gasteiger partial charge on any atom is -0.508 e. The van der Waals surface area contributed by atoms with E-state index in [-0.39, 0.29) is 0 Å². The topological polar surface area (TPSA) is 35.5 Å². The average molecular weight is 280 g/mol. The van der Waals surface area contributed by atoms with Crippen LogP contribution < -0.4 is 5.32 Å². The van der Waals surface area contributed by atoms with Gasteiger partial charge in [0, 0.05) is 38.1 Å². The van der Waals surface area contributed by atoms with Gasteiger partial charge in [-0.1, -0.05) is 36.4 Å². The fourth-order valence-electron chi connectivity index (χ4n) is 3.76. The van der Waals surface area contributed by atoms with E-state index in [1.165, 1.54) is 16.7 Å². The maximum atomic E-state index is 9.80. The van der Waals surface area contributed by atoms with Gasteiger partial charge in [0.2, 0.25) is 0 Å². The Morgan fingerprint density at radius 1 is 1.05 bits per heavy atom. The van der Waals surface area contributed by atoms with Crippen LogP contribution in [0.1, 0.15) is 28.7 Å². The molecule has 0 aromatic heterocycles. The number of hydrogen-bond donors (Lipinski definition) is 2. The summed E-state index contributed by atoms with van der Waals surface area (Å²) in [7, 11) is 0. The molecule has 0 amide bonds. The third kappa shape index (κ3) is 2.23. The van der Waals surface area contributed by atoms with Gasteiger partial charge in [0.25, 0.3) is 0 Å². The van der Waals surface area contributed by atoms with E-state index in [1.54, 1.807) is 6.07 Å². The summed E-state index contributed by atoms with van der Waals surface area (Å²) in [5, 5.41) is 13.3. The van der Waals surface area contributed by atoms with Crippen molar-refractivity contribution in [2.45, 2.75) is 12.0 Å². The minimum atomic E-state index is 0.350. The van der Waals surface area contributed by atoms with Crippen molar-refractivity contribution < 1.29 is 5.11 Å². The normalized spacial score (nSPS) is 25.1. The molecule has 0 bridgehead atoms. The van der Waals surface area contributed by atoms with Crippen LogP contribution in [0.3, 0.4) is 0 Å². The van der Waals surface area contributed by atoms with Crippen molar-refractivity contribution in [1.29, 1.82) is 0 Å². The highest BCUT2D eigenvalue weighted by atomic mass is 16.3. The van der Waals surface area contributed by atoms with Crippen LogP contribution in [0.2, 0.25) is 0 Å². The fourth-order valence-corrected chi connectivity index (χ4v) is 3.76. The molecule has 0 aliphatic carbocycles. The molecule has 1 saturated heterocycles. The molecule has 0 spiro atoms. The van der Waals surface area contributed by atoms with Crippen molar-refractivity contribution in [3.63, 3.8) is 0 Å². The summed E-state index contributed by atoms with van der Waals surface area (Å²) < 4.78 is 0. The highest BCUT2D eigenvalue weighted by Crippen LogP contribution is 2.40. The van der Waals surface area contributed by atoms with E-state index in [0.29, 0.717) is 17.7 Å². The highest BCUT2D eigenvalue weighted by molar-refractivity contribution is 5.44. The summed E-state index contributed by atoms with van der Waals surface area (Å²) in [6.07, 6.45) is 0. The second kappa shape index (κ2) is 5.17. The Morgan fingerprint density at radius 2 is 1.90 bits per heavy atom. The molecular formula is C18H20N2O. The lowest BCUT2D eigenvalue weighted by Crippen LogP contribution is -2.50. The molecule has 2 aromatic rings. The van der Waals surface area contributed by atoms with E-state index < -0.39 is 0 Å².